The summed E-state index contributed by atoms with van der Waals surface area (Å²) >= 11 is 3.38. The van der Waals surface area contributed by atoms with Crippen LogP contribution in [0.3, 0.4) is 0 Å². The van der Waals surface area contributed by atoms with E-state index >= 15 is 0 Å². The van der Waals surface area contributed by atoms with Crippen LogP contribution in [-0.4, -0.2) is 43.8 Å². The zero-order valence-electron chi connectivity index (χ0n) is 13.8. The number of benzene rings is 1. The van der Waals surface area contributed by atoms with Crippen LogP contribution in [0.25, 0.3) is 0 Å². The van der Waals surface area contributed by atoms with Crippen molar-refractivity contribution >= 4 is 27.7 Å². The molecular weight excluding hydrogens is 358 g/mol. The van der Waals surface area contributed by atoms with Gasteiger partial charge in [-0.1, -0.05) is 15.9 Å². The van der Waals surface area contributed by atoms with Crippen LogP contribution in [0.5, 0.6) is 5.75 Å². The van der Waals surface area contributed by atoms with Gasteiger partial charge in [-0.2, -0.15) is 0 Å². The van der Waals surface area contributed by atoms with E-state index in [-0.39, 0.29) is 0 Å². The molecule has 6 heteroatoms. The SMILES string of the molecule is CN(C(=O)Oc1cccnc1C[N+](C)(C)C)c1ccc(Br)cc1. The summed E-state index contributed by atoms with van der Waals surface area (Å²) in [6.07, 6.45) is 1.27. The topological polar surface area (TPSA) is 42.4 Å². The number of rotatable bonds is 4. The molecular formula is C17H21BrN3O2+. The fraction of sp³-hybridized carbons (Fsp3) is 0.294. The van der Waals surface area contributed by atoms with Crippen molar-refractivity contribution in [3.05, 3.63) is 52.8 Å². The number of quaternary nitrogens is 1. The summed E-state index contributed by atoms with van der Waals surface area (Å²) in [5.74, 6) is 0.495. The lowest BCUT2D eigenvalue weighted by Gasteiger charge is -2.24. The van der Waals surface area contributed by atoms with Gasteiger partial charge in [0, 0.05) is 23.4 Å². The van der Waals surface area contributed by atoms with Crippen LogP contribution in [0, 0.1) is 0 Å². The maximum atomic E-state index is 12.4. The third-order valence-corrected chi connectivity index (χ3v) is 3.69. The molecule has 2 aromatic rings. The molecule has 0 atom stereocenters. The van der Waals surface area contributed by atoms with Gasteiger partial charge in [0.2, 0.25) is 0 Å². The average molecular weight is 379 g/mol. The van der Waals surface area contributed by atoms with Crippen molar-refractivity contribution in [2.45, 2.75) is 6.54 Å². The van der Waals surface area contributed by atoms with E-state index in [0.29, 0.717) is 16.8 Å². The van der Waals surface area contributed by atoms with Crippen molar-refractivity contribution in [3.8, 4) is 5.75 Å². The van der Waals surface area contributed by atoms with Gasteiger partial charge in [-0.05, 0) is 36.4 Å². The molecule has 122 valence electrons. The van der Waals surface area contributed by atoms with Gasteiger partial charge in [-0.15, -0.1) is 0 Å². The van der Waals surface area contributed by atoms with Crippen molar-refractivity contribution in [1.29, 1.82) is 0 Å². The van der Waals surface area contributed by atoms with Crippen LogP contribution in [-0.2, 0) is 6.54 Å². The van der Waals surface area contributed by atoms with E-state index in [1.807, 2.05) is 24.3 Å². The highest BCUT2D eigenvalue weighted by Gasteiger charge is 2.19. The standard InChI is InChI=1S/C17H21BrN3O2/c1-20(14-9-7-13(18)8-10-14)17(22)23-16-6-5-11-19-15(16)12-21(2,3)4/h5-11H,12H2,1-4H3/q+1. The van der Waals surface area contributed by atoms with E-state index in [9.17, 15) is 4.79 Å². The number of amides is 1. The van der Waals surface area contributed by atoms with Crippen molar-refractivity contribution < 1.29 is 14.0 Å². The van der Waals surface area contributed by atoms with Crippen LogP contribution >= 0.6 is 15.9 Å². The average Bonchev–Trinajstić information content (AvgIpc) is 2.48. The molecule has 0 fully saturated rings. The molecule has 0 aliphatic heterocycles. The number of anilines is 1. The second kappa shape index (κ2) is 7.10. The summed E-state index contributed by atoms with van der Waals surface area (Å²) in [4.78, 5) is 18.2. The minimum absolute atomic E-state index is 0.442. The van der Waals surface area contributed by atoms with Crippen LogP contribution in [0.4, 0.5) is 10.5 Å². The normalized spacial score (nSPS) is 11.2. The Balaban J connectivity index is 2.15. The minimum atomic E-state index is -0.442. The number of aromatic nitrogens is 1. The first-order valence-corrected chi connectivity index (χ1v) is 8.01. The summed E-state index contributed by atoms with van der Waals surface area (Å²) in [6.45, 7) is 0.672. The minimum Gasteiger partial charge on any atom is -0.408 e. The Morgan fingerprint density at radius 2 is 1.87 bits per heavy atom. The predicted molar refractivity (Wildman–Crippen MR) is 94.5 cm³/mol. The quantitative estimate of drug-likeness (QED) is 0.761. The molecule has 5 nitrogen and oxygen atoms in total. The second-order valence-corrected chi connectivity index (χ2v) is 7.22. The molecule has 0 bridgehead atoms. The zero-order chi connectivity index (χ0) is 17.0. The number of nitrogens with zero attached hydrogens (tertiary/aromatic N) is 3. The monoisotopic (exact) mass is 378 g/mol. The zero-order valence-corrected chi connectivity index (χ0v) is 15.4. The maximum Gasteiger partial charge on any atom is 0.419 e. The molecule has 0 N–H and O–H groups in total. The number of ether oxygens (including phenoxy) is 1. The van der Waals surface area contributed by atoms with E-state index in [1.165, 1.54) is 4.90 Å². The smallest absolute Gasteiger partial charge is 0.408 e. The molecule has 0 spiro atoms. The Bertz CT molecular complexity index is 681. The van der Waals surface area contributed by atoms with Gasteiger partial charge in [0.05, 0.1) is 21.1 Å². The lowest BCUT2D eigenvalue weighted by atomic mass is 10.3. The molecule has 0 unspecified atom stereocenters. The second-order valence-electron chi connectivity index (χ2n) is 6.30. The van der Waals surface area contributed by atoms with Gasteiger partial charge in [-0.25, -0.2) is 4.79 Å². The van der Waals surface area contributed by atoms with E-state index < -0.39 is 6.09 Å². The molecule has 0 saturated heterocycles. The Labute approximate surface area is 145 Å². The highest BCUT2D eigenvalue weighted by molar-refractivity contribution is 9.10. The number of halogens is 1. The molecule has 2 rings (SSSR count). The Hall–Kier alpha value is -1.92. The van der Waals surface area contributed by atoms with E-state index in [1.54, 1.807) is 25.4 Å². The first-order chi connectivity index (χ1) is 10.8. The number of carbonyl (C=O) groups is 1. The molecule has 1 heterocycles. The lowest BCUT2D eigenvalue weighted by Crippen LogP contribution is -2.34. The summed E-state index contributed by atoms with van der Waals surface area (Å²) in [6, 6.07) is 11.0. The highest BCUT2D eigenvalue weighted by atomic mass is 79.9. The van der Waals surface area contributed by atoms with Gasteiger partial charge in [0.1, 0.15) is 12.2 Å². The molecule has 0 radical (unpaired) electrons. The molecule has 0 aliphatic carbocycles. The highest BCUT2D eigenvalue weighted by Crippen LogP contribution is 2.22. The molecule has 1 aromatic carbocycles. The summed E-state index contributed by atoms with van der Waals surface area (Å²) in [5.41, 5.74) is 1.52. The van der Waals surface area contributed by atoms with E-state index in [4.69, 9.17) is 4.74 Å². The molecule has 23 heavy (non-hydrogen) atoms. The van der Waals surface area contributed by atoms with Crippen molar-refractivity contribution in [1.82, 2.24) is 4.98 Å². The summed E-state index contributed by atoms with van der Waals surface area (Å²) in [5, 5.41) is 0. The largest absolute Gasteiger partial charge is 0.419 e. The van der Waals surface area contributed by atoms with Gasteiger partial charge >= 0.3 is 6.09 Å². The fourth-order valence-corrected chi connectivity index (χ4v) is 2.28. The number of hydrogen-bond acceptors (Lipinski definition) is 3. The van der Waals surface area contributed by atoms with Crippen molar-refractivity contribution in [2.75, 3.05) is 33.1 Å². The van der Waals surface area contributed by atoms with Crippen LogP contribution < -0.4 is 9.64 Å². The lowest BCUT2D eigenvalue weighted by molar-refractivity contribution is -0.884. The third-order valence-electron chi connectivity index (χ3n) is 3.16. The Morgan fingerprint density at radius 3 is 2.48 bits per heavy atom. The third kappa shape index (κ3) is 5.04. The predicted octanol–water partition coefficient (Wildman–Crippen LogP) is 3.69. The number of hydrogen-bond donors (Lipinski definition) is 0. The van der Waals surface area contributed by atoms with Crippen LogP contribution in [0.1, 0.15) is 5.69 Å². The first kappa shape index (κ1) is 17.4. The Kier molecular flexibility index (Phi) is 5.38. The fourth-order valence-electron chi connectivity index (χ4n) is 2.02. The molecule has 0 aliphatic rings. The van der Waals surface area contributed by atoms with E-state index in [0.717, 1.165) is 15.9 Å². The number of carbonyl (C=O) groups excluding carboxylic acids is 1. The van der Waals surface area contributed by atoms with Gasteiger partial charge < -0.3 is 9.22 Å². The summed E-state index contributed by atoms with van der Waals surface area (Å²) < 4.78 is 7.20. The van der Waals surface area contributed by atoms with E-state index in [2.05, 4.69) is 42.1 Å². The molecule has 1 aromatic heterocycles. The molecule has 1 amide bonds. The van der Waals surface area contributed by atoms with Crippen LogP contribution in [0.2, 0.25) is 0 Å². The van der Waals surface area contributed by atoms with Crippen molar-refractivity contribution in [3.63, 3.8) is 0 Å². The Morgan fingerprint density at radius 1 is 1.22 bits per heavy atom. The van der Waals surface area contributed by atoms with Crippen LogP contribution in [0.15, 0.2) is 47.1 Å². The number of pyridine rings is 1. The van der Waals surface area contributed by atoms with Gasteiger partial charge in [0.15, 0.2) is 5.75 Å². The maximum absolute atomic E-state index is 12.4. The first-order valence-electron chi connectivity index (χ1n) is 7.22. The van der Waals surface area contributed by atoms with Crippen molar-refractivity contribution in [2.24, 2.45) is 0 Å². The molecule has 0 saturated carbocycles. The van der Waals surface area contributed by atoms with Gasteiger partial charge in [0.25, 0.3) is 0 Å². The van der Waals surface area contributed by atoms with Gasteiger partial charge in [-0.3, -0.25) is 9.88 Å². The summed E-state index contributed by atoms with van der Waals surface area (Å²) in [7, 11) is 7.87.